The summed E-state index contributed by atoms with van der Waals surface area (Å²) < 4.78 is 5.28. The zero-order valence-corrected chi connectivity index (χ0v) is 14.8. The Labute approximate surface area is 157 Å². The predicted molar refractivity (Wildman–Crippen MR) is 104 cm³/mol. The normalized spacial score (nSPS) is 10.1. The molecule has 0 saturated carbocycles. The molecule has 1 aromatic heterocycles. The molecule has 0 aliphatic rings. The van der Waals surface area contributed by atoms with Crippen LogP contribution in [0.1, 0.15) is 15.9 Å². The number of ether oxygens (including phenoxy) is 1. The molecule has 1 heterocycles. The predicted octanol–water partition coefficient (Wildman–Crippen LogP) is 3.52. The van der Waals surface area contributed by atoms with Gasteiger partial charge in [0.2, 0.25) is 5.91 Å². The van der Waals surface area contributed by atoms with Crippen molar-refractivity contribution in [2.24, 2.45) is 0 Å². The number of carbonyl (C=O) groups excluding carboxylic acids is 2. The third kappa shape index (κ3) is 4.70. The Morgan fingerprint density at radius 1 is 0.926 bits per heavy atom. The Balaban J connectivity index is 1.72. The van der Waals surface area contributed by atoms with Gasteiger partial charge in [-0.3, -0.25) is 14.6 Å². The summed E-state index contributed by atoms with van der Waals surface area (Å²) in [5, 5.41) is 5.64. The van der Waals surface area contributed by atoms with E-state index in [4.69, 9.17) is 4.74 Å². The van der Waals surface area contributed by atoms with Crippen LogP contribution < -0.4 is 15.4 Å². The molecular formula is C21H19N3O3. The first-order valence-electron chi connectivity index (χ1n) is 8.39. The van der Waals surface area contributed by atoms with Crippen LogP contribution in [0.2, 0.25) is 0 Å². The fourth-order valence-electron chi connectivity index (χ4n) is 2.61. The van der Waals surface area contributed by atoms with Gasteiger partial charge in [0, 0.05) is 18.0 Å². The summed E-state index contributed by atoms with van der Waals surface area (Å²) in [6, 6.07) is 17.8. The number of rotatable bonds is 6. The van der Waals surface area contributed by atoms with E-state index in [-0.39, 0.29) is 18.2 Å². The number of amides is 2. The van der Waals surface area contributed by atoms with Crippen LogP contribution in [-0.4, -0.2) is 23.9 Å². The van der Waals surface area contributed by atoms with E-state index in [2.05, 4.69) is 15.6 Å². The van der Waals surface area contributed by atoms with Crippen molar-refractivity contribution in [3.8, 4) is 5.75 Å². The van der Waals surface area contributed by atoms with Crippen molar-refractivity contribution < 1.29 is 14.3 Å². The summed E-state index contributed by atoms with van der Waals surface area (Å²) in [6.45, 7) is 0. The van der Waals surface area contributed by atoms with Crippen molar-refractivity contribution in [1.82, 2.24) is 4.98 Å². The molecule has 0 atom stereocenters. The van der Waals surface area contributed by atoms with Gasteiger partial charge in [0.05, 0.1) is 30.5 Å². The molecule has 2 aromatic carbocycles. The largest absolute Gasteiger partial charge is 0.496 e. The molecule has 6 nitrogen and oxygen atoms in total. The third-order valence-electron chi connectivity index (χ3n) is 3.92. The summed E-state index contributed by atoms with van der Waals surface area (Å²) in [4.78, 5) is 28.8. The topological polar surface area (TPSA) is 80.3 Å². The molecule has 0 spiro atoms. The van der Waals surface area contributed by atoms with Crippen molar-refractivity contribution in [3.05, 3.63) is 84.2 Å². The highest BCUT2D eigenvalue weighted by Gasteiger charge is 2.13. The third-order valence-corrected chi connectivity index (χ3v) is 3.92. The maximum Gasteiger partial charge on any atom is 0.257 e. The van der Waals surface area contributed by atoms with Gasteiger partial charge in [0.15, 0.2) is 0 Å². The van der Waals surface area contributed by atoms with E-state index < -0.39 is 0 Å². The van der Waals surface area contributed by atoms with Gasteiger partial charge in [-0.2, -0.15) is 0 Å². The van der Waals surface area contributed by atoms with E-state index in [0.29, 0.717) is 22.7 Å². The lowest BCUT2D eigenvalue weighted by Crippen LogP contribution is -2.18. The molecule has 0 aliphatic carbocycles. The molecule has 0 saturated heterocycles. The molecule has 0 bridgehead atoms. The average molecular weight is 361 g/mol. The number of nitrogens with zero attached hydrogens (tertiary/aromatic N) is 1. The lowest BCUT2D eigenvalue weighted by Gasteiger charge is -2.13. The van der Waals surface area contributed by atoms with Crippen LogP contribution in [0.25, 0.3) is 0 Å². The first-order valence-corrected chi connectivity index (χ1v) is 8.39. The fraction of sp³-hybridized carbons (Fsp3) is 0.0952. The van der Waals surface area contributed by atoms with Gasteiger partial charge in [0.25, 0.3) is 5.91 Å². The molecule has 3 rings (SSSR count). The van der Waals surface area contributed by atoms with Gasteiger partial charge >= 0.3 is 0 Å². The molecule has 2 amide bonds. The number of para-hydroxylation sites is 3. The molecule has 0 fully saturated rings. The van der Waals surface area contributed by atoms with Crippen molar-refractivity contribution >= 4 is 23.2 Å². The first-order chi connectivity index (χ1) is 13.2. The molecule has 0 radical (unpaired) electrons. The number of hydrogen-bond acceptors (Lipinski definition) is 4. The zero-order valence-electron chi connectivity index (χ0n) is 14.8. The number of methoxy groups -OCH3 is 1. The number of benzene rings is 2. The highest BCUT2D eigenvalue weighted by molar-refractivity contribution is 6.07. The Bertz CT molecular complexity index is 942. The van der Waals surface area contributed by atoms with Crippen molar-refractivity contribution in [1.29, 1.82) is 0 Å². The summed E-state index contributed by atoms with van der Waals surface area (Å²) in [5.41, 5.74) is 2.26. The first kappa shape index (κ1) is 18.1. The van der Waals surface area contributed by atoms with Gasteiger partial charge in [0.1, 0.15) is 5.75 Å². The van der Waals surface area contributed by atoms with E-state index in [1.165, 1.54) is 6.20 Å². The fourth-order valence-corrected chi connectivity index (χ4v) is 2.61. The minimum Gasteiger partial charge on any atom is -0.496 e. The van der Waals surface area contributed by atoms with Crippen LogP contribution in [0, 0.1) is 0 Å². The number of aromatic nitrogens is 1. The second kappa shape index (κ2) is 8.62. The van der Waals surface area contributed by atoms with E-state index in [9.17, 15) is 9.59 Å². The summed E-state index contributed by atoms with van der Waals surface area (Å²) in [6.07, 6.45) is 3.25. The maximum atomic E-state index is 12.5. The molecule has 2 N–H and O–H groups in total. The van der Waals surface area contributed by atoms with Crippen LogP contribution in [0.15, 0.2) is 73.1 Å². The van der Waals surface area contributed by atoms with Crippen LogP contribution in [0.5, 0.6) is 5.75 Å². The number of anilines is 2. The van der Waals surface area contributed by atoms with Crippen LogP contribution >= 0.6 is 0 Å². The van der Waals surface area contributed by atoms with Gasteiger partial charge < -0.3 is 15.4 Å². The minimum atomic E-state index is -0.297. The standard InChI is InChI=1S/C21H19N3O3/c1-27-19-11-5-2-7-15(19)13-20(25)23-17-9-3-4-10-18(17)24-21(26)16-8-6-12-22-14-16/h2-12,14H,13H2,1H3,(H,23,25)(H,24,26). The molecule has 6 heteroatoms. The van der Waals surface area contributed by atoms with E-state index in [1.54, 1.807) is 49.7 Å². The van der Waals surface area contributed by atoms with Gasteiger partial charge in [-0.15, -0.1) is 0 Å². The summed E-state index contributed by atoms with van der Waals surface area (Å²) in [7, 11) is 1.57. The minimum absolute atomic E-state index is 0.162. The Kier molecular flexibility index (Phi) is 5.79. The lowest BCUT2D eigenvalue weighted by molar-refractivity contribution is -0.115. The van der Waals surface area contributed by atoms with E-state index in [0.717, 1.165) is 5.56 Å². The zero-order chi connectivity index (χ0) is 19.1. The monoisotopic (exact) mass is 361 g/mol. The molecule has 27 heavy (non-hydrogen) atoms. The summed E-state index contributed by atoms with van der Waals surface area (Å²) in [5.74, 6) is 0.155. The highest BCUT2D eigenvalue weighted by atomic mass is 16.5. The van der Waals surface area contributed by atoms with Crippen molar-refractivity contribution in [2.45, 2.75) is 6.42 Å². The van der Waals surface area contributed by atoms with E-state index >= 15 is 0 Å². The number of hydrogen-bond donors (Lipinski definition) is 2. The average Bonchev–Trinajstić information content (AvgIpc) is 2.70. The molecule has 136 valence electrons. The van der Waals surface area contributed by atoms with Crippen molar-refractivity contribution in [3.63, 3.8) is 0 Å². The smallest absolute Gasteiger partial charge is 0.257 e. The Hall–Kier alpha value is -3.67. The Morgan fingerprint density at radius 2 is 1.63 bits per heavy atom. The maximum absolute atomic E-state index is 12.5. The van der Waals surface area contributed by atoms with Gasteiger partial charge in [-0.05, 0) is 30.3 Å². The molecular weight excluding hydrogens is 342 g/mol. The number of pyridine rings is 1. The van der Waals surface area contributed by atoms with Gasteiger partial charge in [-0.25, -0.2) is 0 Å². The molecule has 0 aliphatic heterocycles. The number of nitrogens with one attached hydrogen (secondary N) is 2. The highest BCUT2D eigenvalue weighted by Crippen LogP contribution is 2.23. The summed E-state index contributed by atoms with van der Waals surface area (Å²) >= 11 is 0. The second-order valence-electron chi connectivity index (χ2n) is 5.78. The lowest BCUT2D eigenvalue weighted by atomic mass is 10.1. The number of carbonyl (C=O) groups is 2. The molecule has 3 aromatic rings. The van der Waals surface area contributed by atoms with Crippen molar-refractivity contribution in [2.75, 3.05) is 17.7 Å². The Morgan fingerprint density at radius 3 is 2.33 bits per heavy atom. The second-order valence-corrected chi connectivity index (χ2v) is 5.78. The molecule has 0 unspecified atom stereocenters. The van der Waals surface area contributed by atoms with Gasteiger partial charge in [-0.1, -0.05) is 30.3 Å². The quantitative estimate of drug-likeness (QED) is 0.704. The van der Waals surface area contributed by atoms with E-state index in [1.807, 2.05) is 24.3 Å². The SMILES string of the molecule is COc1ccccc1CC(=O)Nc1ccccc1NC(=O)c1cccnc1. The van der Waals surface area contributed by atoms with Crippen LogP contribution in [-0.2, 0) is 11.2 Å². The van der Waals surface area contributed by atoms with Crippen LogP contribution in [0.4, 0.5) is 11.4 Å². The van der Waals surface area contributed by atoms with Crippen LogP contribution in [0.3, 0.4) is 0 Å².